The number of carbonyl (C=O) groups is 1. The highest BCUT2D eigenvalue weighted by Gasteiger charge is 2.49. The Balaban J connectivity index is 1.93. The van der Waals surface area contributed by atoms with Crippen molar-refractivity contribution in [2.45, 2.75) is 52.2 Å². The summed E-state index contributed by atoms with van der Waals surface area (Å²) in [5.41, 5.74) is -0.416. The minimum atomic E-state index is -0.284. The van der Waals surface area contributed by atoms with Gasteiger partial charge in [-0.15, -0.1) is 0 Å². The van der Waals surface area contributed by atoms with Crippen LogP contribution >= 0.6 is 0 Å². The quantitative estimate of drug-likeness (QED) is 0.664. The van der Waals surface area contributed by atoms with Crippen molar-refractivity contribution in [3.63, 3.8) is 0 Å². The summed E-state index contributed by atoms with van der Waals surface area (Å²) in [4.78, 5) is 12.3. The van der Waals surface area contributed by atoms with Crippen molar-refractivity contribution in [2.24, 2.45) is 10.8 Å². The standard InChI is InChI=1S/C13H24N2O2/c1-12(2)9(8-10(12)16)15-11(17)13(3)4-6-14-7-5-13/h9-10,14,16H,4-8H2,1-3H3,(H,15,17). The van der Waals surface area contributed by atoms with Crippen LogP contribution in [-0.2, 0) is 4.79 Å². The molecule has 1 aliphatic heterocycles. The van der Waals surface area contributed by atoms with Gasteiger partial charge in [-0.1, -0.05) is 20.8 Å². The first kappa shape index (κ1) is 12.8. The van der Waals surface area contributed by atoms with E-state index in [9.17, 15) is 9.90 Å². The minimum Gasteiger partial charge on any atom is -0.392 e. The Morgan fingerprint density at radius 3 is 2.35 bits per heavy atom. The zero-order valence-corrected chi connectivity index (χ0v) is 11.0. The molecule has 0 bridgehead atoms. The first-order chi connectivity index (χ1) is 7.86. The van der Waals surface area contributed by atoms with Crippen molar-refractivity contribution in [1.82, 2.24) is 10.6 Å². The summed E-state index contributed by atoms with van der Waals surface area (Å²) in [6.45, 7) is 7.90. The molecule has 0 spiro atoms. The first-order valence-corrected chi connectivity index (χ1v) is 6.56. The lowest BCUT2D eigenvalue weighted by Crippen LogP contribution is -2.63. The third-order valence-electron chi connectivity index (χ3n) is 4.78. The van der Waals surface area contributed by atoms with Gasteiger partial charge in [0.15, 0.2) is 0 Å². The van der Waals surface area contributed by atoms with E-state index < -0.39 is 0 Å². The second kappa shape index (κ2) is 4.25. The molecule has 2 rings (SSSR count). The lowest BCUT2D eigenvalue weighted by atomic mass is 9.64. The zero-order valence-electron chi connectivity index (χ0n) is 11.0. The Morgan fingerprint density at radius 1 is 1.29 bits per heavy atom. The lowest BCUT2D eigenvalue weighted by molar-refractivity contribution is -0.139. The van der Waals surface area contributed by atoms with Crippen LogP contribution in [0.25, 0.3) is 0 Å². The van der Waals surface area contributed by atoms with Gasteiger partial charge in [-0.2, -0.15) is 0 Å². The molecule has 1 saturated carbocycles. The largest absolute Gasteiger partial charge is 0.392 e. The summed E-state index contributed by atoms with van der Waals surface area (Å²) in [5.74, 6) is 0.156. The van der Waals surface area contributed by atoms with E-state index in [0.717, 1.165) is 25.9 Å². The summed E-state index contributed by atoms with van der Waals surface area (Å²) in [6, 6.07) is 0.122. The van der Waals surface area contributed by atoms with Crippen molar-refractivity contribution < 1.29 is 9.90 Å². The molecule has 0 aromatic rings. The van der Waals surface area contributed by atoms with Crippen molar-refractivity contribution >= 4 is 5.91 Å². The Kier molecular flexibility index (Phi) is 3.21. The van der Waals surface area contributed by atoms with Gasteiger partial charge in [-0.05, 0) is 32.4 Å². The van der Waals surface area contributed by atoms with E-state index in [1.165, 1.54) is 0 Å². The molecule has 2 atom stereocenters. The predicted octanol–water partition coefficient (Wildman–Crippen LogP) is 0.652. The second-order valence-electron chi connectivity index (χ2n) is 6.41. The fourth-order valence-electron chi connectivity index (χ4n) is 2.69. The van der Waals surface area contributed by atoms with E-state index in [1.54, 1.807) is 0 Å². The molecule has 2 fully saturated rings. The molecule has 98 valence electrons. The van der Waals surface area contributed by atoms with Crippen LogP contribution in [0.5, 0.6) is 0 Å². The van der Waals surface area contributed by atoms with Gasteiger partial charge in [0.05, 0.1) is 6.10 Å². The number of aliphatic hydroxyl groups excluding tert-OH is 1. The molecule has 2 unspecified atom stereocenters. The average molecular weight is 240 g/mol. The van der Waals surface area contributed by atoms with Gasteiger partial charge >= 0.3 is 0 Å². The molecule has 0 radical (unpaired) electrons. The van der Waals surface area contributed by atoms with Gasteiger partial charge in [0.25, 0.3) is 0 Å². The molecule has 1 amide bonds. The van der Waals surface area contributed by atoms with Crippen LogP contribution in [0.4, 0.5) is 0 Å². The molecule has 1 saturated heterocycles. The maximum atomic E-state index is 12.3. The zero-order chi connectivity index (χ0) is 12.7. The Morgan fingerprint density at radius 2 is 1.88 bits per heavy atom. The van der Waals surface area contributed by atoms with E-state index in [1.807, 2.05) is 20.8 Å². The lowest BCUT2D eigenvalue weighted by Gasteiger charge is -2.50. The number of amides is 1. The highest BCUT2D eigenvalue weighted by Crippen LogP contribution is 2.41. The summed E-state index contributed by atoms with van der Waals surface area (Å²) in [7, 11) is 0. The topological polar surface area (TPSA) is 61.4 Å². The summed E-state index contributed by atoms with van der Waals surface area (Å²) >= 11 is 0. The average Bonchev–Trinajstić information content (AvgIpc) is 2.29. The maximum Gasteiger partial charge on any atom is 0.226 e. The number of aliphatic hydroxyl groups is 1. The van der Waals surface area contributed by atoms with Gasteiger partial charge in [-0.3, -0.25) is 4.79 Å². The molecule has 0 aromatic heterocycles. The number of rotatable bonds is 2. The summed E-state index contributed by atoms with van der Waals surface area (Å²) in [6.07, 6.45) is 2.20. The van der Waals surface area contributed by atoms with Crippen molar-refractivity contribution in [3.05, 3.63) is 0 Å². The van der Waals surface area contributed by atoms with Crippen molar-refractivity contribution in [1.29, 1.82) is 0 Å². The van der Waals surface area contributed by atoms with Gasteiger partial charge in [0, 0.05) is 16.9 Å². The normalized spacial score (nSPS) is 34.8. The van der Waals surface area contributed by atoms with E-state index in [2.05, 4.69) is 10.6 Å². The molecule has 4 nitrogen and oxygen atoms in total. The predicted molar refractivity (Wildman–Crippen MR) is 66.5 cm³/mol. The highest BCUT2D eigenvalue weighted by atomic mass is 16.3. The molecular weight excluding hydrogens is 216 g/mol. The van der Waals surface area contributed by atoms with Crippen molar-refractivity contribution in [2.75, 3.05) is 13.1 Å². The number of piperidine rings is 1. The molecular formula is C13H24N2O2. The van der Waals surface area contributed by atoms with E-state index in [-0.39, 0.29) is 28.9 Å². The van der Waals surface area contributed by atoms with Crippen LogP contribution in [0.15, 0.2) is 0 Å². The maximum absolute atomic E-state index is 12.3. The van der Waals surface area contributed by atoms with Crippen LogP contribution < -0.4 is 10.6 Å². The molecule has 3 N–H and O–H groups in total. The number of hydrogen-bond acceptors (Lipinski definition) is 3. The molecule has 1 heterocycles. The summed E-state index contributed by atoms with van der Waals surface area (Å²) < 4.78 is 0. The second-order valence-corrected chi connectivity index (χ2v) is 6.41. The Bertz CT molecular complexity index is 309. The van der Waals surface area contributed by atoms with Gasteiger partial charge in [0.1, 0.15) is 0 Å². The Hall–Kier alpha value is -0.610. The minimum absolute atomic E-state index is 0.122. The number of nitrogens with one attached hydrogen (secondary N) is 2. The van der Waals surface area contributed by atoms with Crippen LogP contribution in [-0.4, -0.2) is 36.2 Å². The van der Waals surface area contributed by atoms with E-state index >= 15 is 0 Å². The molecule has 1 aliphatic carbocycles. The van der Waals surface area contributed by atoms with Crippen LogP contribution in [0, 0.1) is 10.8 Å². The molecule has 17 heavy (non-hydrogen) atoms. The van der Waals surface area contributed by atoms with Crippen LogP contribution in [0.2, 0.25) is 0 Å². The molecule has 4 heteroatoms. The monoisotopic (exact) mass is 240 g/mol. The summed E-state index contributed by atoms with van der Waals surface area (Å²) in [5, 5.41) is 16.1. The van der Waals surface area contributed by atoms with E-state index in [0.29, 0.717) is 6.42 Å². The smallest absolute Gasteiger partial charge is 0.226 e. The fraction of sp³-hybridized carbons (Fsp3) is 0.923. The molecule has 2 aliphatic rings. The number of carbonyl (C=O) groups excluding carboxylic acids is 1. The third kappa shape index (κ3) is 2.20. The van der Waals surface area contributed by atoms with Gasteiger partial charge in [-0.25, -0.2) is 0 Å². The van der Waals surface area contributed by atoms with Crippen LogP contribution in [0.3, 0.4) is 0 Å². The van der Waals surface area contributed by atoms with Gasteiger partial charge < -0.3 is 15.7 Å². The van der Waals surface area contributed by atoms with Gasteiger partial charge in [0.2, 0.25) is 5.91 Å². The third-order valence-corrected chi connectivity index (χ3v) is 4.78. The van der Waals surface area contributed by atoms with E-state index in [4.69, 9.17) is 0 Å². The fourth-order valence-corrected chi connectivity index (χ4v) is 2.69. The van der Waals surface area contributed by atoms with Crippen molar-refractivity contribution in [3.8, 4) is 0 Å². The number of hydrogen-bond donors (Lipinski definition) is 3. The highest BCUT2D eigenvalue weighted by molar-refractivity contribution is 5.82. The SMILES string of the molecule is CC1(C(=O)NC2CC(O)C2(C)C)CCNCC1. The molecule has 0 aromatic carbocycles. The first-order valence-electron chi connectivity index (χ1n) is 6.56. The van der Waals surface area contributed by atoms with Crippen LogP contribution in [0.1, 0.15) is 40.0 Å². The Labute approximate surface area is 103 Å².